The number of benzene rings is 1. The van der Waals surface area contributed by atoms with Crippen molar-refractivity contribution in [2.75, 3.05) is 5.32 Å². The minimum Gasteiger partial charge on any atom is -0.322 e. The third-order valence-corrected chi connectivity index (χ3v) is 5.02. The summed E-state index contributed by atoms with van der Waals surface area (Å²) in [5.74, 6) is 2.39. The molecule has 0 aliphatic heterocycles. The predicted octanol–water partition coefficient (Wildman–Crippen LogP) is 5.81. The van der Waals surface area contributed by atoms with Crippen molar-refractivity contribution < 1.29 is 4.79 Å². The van der Waals surface area contributed by atoms with Gasteiger partial charge in [0.05, 0.1) is 0 Å². The average Bonchev–Trinajstić information content (AvgIpc) is 2.55. The molecule has 0 aromatic heterocycles. The number of hydrogen-bond donors (Lipinski definition) is 1. The SMILES string of the molecule is CC(C)CCCC(C)C1CC=C(C(=O)Nc2ccccc2)CC1. The minimum atomic E-state index is 0.0714. The number of amides is 1. The number of para-hydroxylation sites is 1. The van der Waals surface area contributed by atoms with E-state index in [1.807, 2.05) is 30.3 Å². The fraction of sp³-hybridized carbons (Fsp3) is 0.571. The summed E-state index contributed by atoms with van der Waals surface area (Å²) < 4.78 is 0. The molecule has 2 nitrogen and oxygen atoms in total. The molecule has 1 aliphatic carbocycles. The molecule has 2 heteroatoms. The summed E-state index contributed by atoms with van der Waals surface area (Å²) in [6, 6.07) is 9.71. The molecule has 1 aromatic carbocycles. The van der Waals surface area contributed by atoms with Crippen LogP contribution in [0.15, 0.2) is 42.0 Å². The van der Waals surface area contributed by atoms with E-state index in [0.29, 0.717) is 0 Å². The summed E-state index contributed by atoms with van der Waals surface area (Å²) in [5, 5.41) is 3.00. The van der Waals surface area contributed by atoms with Gasteiger partial charge in [-0.3, -0.25) is 4.79 Å². The standard InChI is InChI=1S/C21H31NO/c1-16(2)8-7-9-17(3)18-12-14-19(15-13-18)21(23)22-20-10-5-4-6-11-20/h4-6,10-11,14,16-18H,7-9,12-13,15H2,1-3H3,(H,22,23). The summed E-state index contributed by atoms with van der Waals surface area (Å²) in [6.07, 6.45) is 9.28. The molecule has 126 valence electrons. The summed E-state index contributed by atoms with van der Waals surface area (Å²) in [7, 11) is 0. The van der Waals surface area contributed by atoms with Crippen molar-refractivity contribution >= 4 is 11.6 Å². The van der Waals surface area contributed by atoms with Crippen LogP contribution in [0, 0.1) is 17.8 Å². The van der Waals surface area contributed by atoms with E-state index < -0.39 is 0 Å². The number of hydrogen-bond acceptors (Lipinski definition) is 1. The zero-order valence-electron chi connectivity index (χ0n) is 14.8. The molecule has 0 bridgehead atoms. The van der Waals surface area contributed by atoms with Gasteiger partial charge in [0, 0.05) is 11.3 Å². The van der Waals surface area contributed by atoms with Crippen LogP contribution in [0.4, 0.5) is 5.69 Å². The average molecular weight is 313 g/mol. The normalized spacial score (nSPS) is 19.3. The Labute approximate surface area is 141 Å². The Balaban J connectivity index is 1.79. The molecule has 23 heavy (non-hydrogen) atoms. The number of nitrogens with one attached hydrogen (secondary N) is 1. The molecule has 0 spiro atoms. The van der Waals surface area contributed by atoms with Gasteiger partial charge in [-0.15, -0.1) is 0 Å². The maximum absolute atomic E-state index is 12.3. The van der Waals surface area contributed by atoms with Crippen molar-refractivity contribution in [2.24, 2.45) is 17.8 Å². The van der Waals surface area contributed by atoms with Crippen LogP contribution in [0.1, 0.15) is 59.3 Å². The van der Waals surface area contributed by atoms with Crippen LogP contribution in [0.2, 0.25) is 0 Å². The molecule has 0 radical (unpaired) electrons. The Morgan fingerprint density at radius 2 is 1.91 bits per heavy atom. The van der Waals surface area contributed by atoms with Gasteiger partial charge >= 0.3 is 0 Å². The summed E-state index contributed by atoms with van der Waals surface area (Å²) in [6.45, 7) is 6.98. The Morgan fingerprint density at radius 3 is 2.52 bits per heavy atom. The first-order valence-electron chi connectivity index (χ1n) is 9.11. The van der Waals surface area contributed by atoms with Crippen LogP contribution in [-0.2, 0) is 4.79 Å². The molecule has 2 unspecified atom stereocenters. The predicted molar refractivity (Wildman–Crippen MR) is 98.3 cm³/mol. The van der Waals surface area contributed by atoms with Crippen molar-refractivity contribution in [1.29, 1.82) is 0 Å². The number of allylic oxidation sites excluding steroid dienone is 1. The lowest BCUT2D eigenvalue weighted by Crippen LogP contribution is -2.21. The largest absolute Gasteiger partial charge is 0.322 e. The van der Waals surface area contributed by atoms with Gasteiger partial charge in [-0.2, -0.15) is 0 Å². The van der Waals surface area contributed by atoms with Crippen LogP contribution in [-0.4, -0.2) is 5.91 Å². The zero-order valence-corrected chi connectivity index (χ0v) is 14.8. The maximum Gasteiger partial charge on any atom is 0.251 e. The van der Waals surface area contributed by atoms with E-state index in [1.165, 1.54) is 19.3 Å². The third kappa shape index (κ3) is 5.85. The van der Waals surface area contributed by atoms with Crippen LogP contribution in [0.5, 0.6) is 0 Å². The van der Waals surface area contributed by atoms with Crippen molar-refractivity contribution in [3.05, 3.63) is 42.0 Å². The van der Waals surface area contributed by atoms with E-state index in [0.717, 1.165) is 48.3 Å². The number of carbonyl (C=O) groups is 1. The van der Waals surface area contributed by atoms with Gasteiger partial charge in [-0.1, -0.05) is 64.3 Å². The third-order valence-electron chi connectivity index (χ3n) is 5.02. The molecule has 2 atom stereocenters. The Kier molecular flexibility index (Phi) is 6.88. The van der Waals surface area contributed by atoms with E-state index in [4.69, 9.17) is 0 Å². The fourth-order valence-electron chi connectivity index (χ4n) is 3.39. The lowest BCUT2D eigenvalue weighted by atomic mass is 9.79. The molecular formula is C21H31NO. The van der Waals surface area contributed by atoms with Crippen molar-refractivity contribution in [3.8, 4) is 0 Å². The smallest absolute Gasteiger partial charge is 0.251 e. The number of carbonyl (C=O) groups excluding carboxylic acids is 1. The lowest BCUT2D eigenvalue weighted by Gasteiger charge is -2.27. The monoisotopic (exact) mass is 313 g/mol. The van der Waals surface area contributed by atoms with Gasteiger partial charge in [0.2, 0.25) is 0 Å². The van der Waals surface area contributed by atoms with Crippen molar-refractivity contribution in [2.45, 2.75) is 59.3 Å². The molecule has 0 saturated carbocycles. The van der Waals surface area contributed by atoms with E-state index in [-0.39, 0.29) is 5.91 Å². The second kappa shape index (κ2) is 8.90. The minimum absolute atomic E-state index is 0.0714. The summed E-state index contributed by atoms with van der Waals surface area (Å²) in [4.78, 5) is 12.3. The molecular weight excluding hydrogens is 282 g/mol. The van der Waals surface area contributed by atoms with Crippen LogP contribution in [0.3, 0.4) is 0 Å². The van der Waals surface area contributed by atoms with Gasteiger partial charge in [-0.25, -0.2) is 0 Å². The Bertz CT molecular complexity index is 518. The topological polar surface area (TPSA) is 29.1 Å². The molecule has 1 amide bonds. The van der Waals surface area contributed by atoms with Crippen LogP contribution < -0.4 is 5.32 Å². The molecule has 2 rings (SSSR count). The highest BCUT2D eigenvalue weighted by Gasteiger charge is 2.22. The maximum atomic E-state index is 12.3. The molecule has 1 aliphatic rings. The molecule has 1 aromatic rings. The highest BCUT2D eigenvalue weighted by molar-refractivity contribution is 6.03. The van der Waals surface area contributed by atoms with E-state index >= 15 is 0 Å². The highest BCUT2D eigenvalue weighted by Crippen LogP contribution is 2.32. The van der Waals surface area contributed by atoms with Crippen LogP contribution in [0.25, 0.3) is 0 Å². The molecule has 1 N–H and O–H groups in total. The number of anilines is 1. The molecule has 0 heterocycles. The van der Waals surface area contributed by atoms with Gasteiger partial charge in [-0.05, 0) is 49.1 Å². The van der Waals surface area contributed by atoms with Crippen molar-refractivity contribution in [1.82, 2.24) is 0 Å². The second-order valence-corrected chi connectivity index (χ2v) is 7.39. The first-order chi connectivity index (χ1) is 11.1. The summed E-state index contributed by atoms with van der Waals surface area (Å²) >= 11 is 0. The van der Waals surface area contributed by atoms with Gasteiger partial charge in [0.15, 0.2) is 0 Å². The highest BCUT2D eigenvalue weighted by atomic mass is 16.1. The second-order valence-electron chi connectivity index (χ2n) is 7.39. The Hall–Kier alpha value is -1.57. The zero-order chi connectivity index (χ0) is 16.7. The van der Waals surface area contributed by atoms with E-state index in [2.05, 4.69) is 32.2 Å². The van der Waals surface area contributed by atoms with Crippen molar-refractivity contribution in [3.63, 3.8) is 0 Å². The molecule has 0 fully saturated rings. The molecule has 0 saturated heterocycles. The first kappa shape index (κ1) is 17.8. The van der Waals surface area contributed by atoms with Gasteiger partial charge in [0.25, 0.3) is 5.91 Å². The first-order valence-corrected chi connectivity index (χ1v) is 9.11. The Morgan fingerprint density at radius 1 is 1.17 bits per heavy atom. The fourth-order valence-corrected chi connectivity index (χ4v) is 3.39. The van der Waals surface area contributed by atoms with Crippen LogP contribution >= 0.6 is 0 Å². The number of rotatable bonds is 7. The lowest BCUT2D eigenvalue weighted by molar-refractivity contribution is -0.113. The van der Waals surface area contributed by atoms with Gasteiger partial charge in [0.1, 0.15) is 0 Å². The van der Waals surface area contributed by atoms with E-state index in [9.17, 15) is 4.79 Å². The van der Waals surface area contributed by atoms with E-state index in [1.54, 1.807) is 0 Å². The quantitative estimate of drug-likeness (QED) is 0.675. The summed E-state index contributed by atoms with van der Waals surface area (Å²) in [5.41, 5.74) is 1.84. The van der Waals surface area contributed by atoms with Gasteiger partial charge < -0.3 is 5.32 Å².